The quantitative estimate of drug-likeness (QED) is 0.747. The Bertz CT molecular complexity index is 518. The van der Waals surface area contributed by atoms with Crippen LogP contribution >= 0.6 is 0 Å². The van der Waals surface area contributed by atoms with Crippen LogP contribution in [-0.4, -0.2) is 30.7 Å². The number of hydrogen-bond donors (Lipinski definition) is 0. The third-order valence-electron chi connectivity index (χ3n) is 4.64. The smallest absolute Gasteiger partial charge is 0.177 e. The first kappa shape index (κ1) is 10.7. The Morgan fingerprint density at radius 3 is 2.78 bits per heavy atom. The van der Waals surface area contributed by atoms with Crippen LogP contribution in [0.25, 0.3) is 0 Å². The minimum atomic E-state index is -0.493. The largest absolute Gasteiger partial charge is 0.377 e. The summed E-state index contributed by atoms with van der Waals surface area (Å²) in [5.74, 6) is 0.326. The lowest BCUT2D eigenvalue weighted by atomic mass is 9.59. The molecule has 3 nitrogen and oxygen atoms in total. The van der Waals surface area contributed by atoms with Crippen LogP contribution in [0.5, 0.6) is 0 Å². The number of carbonyl (C=O) groups is 1. The number of ether oxygens (including phenoxy) is 2. The summed E-state index contributed by atoms with van der Waals surface area (Å²) in [6.07, 6.45) is 0.957. The Morgan fingerprint density at radius 1 is 1.39 bits per heavy atom. The summed E-state index contributed by atoms with van der Waals surface area (Å²) in [5.41, 5.74) is 1.97. The number of epoxide rings is 1. The third-order valence-corrected chi connectivity index (χ3v) is 4.64. The highest BCUT2D eigenvalue weighted by atomic mass is 16.6. The molecule has 0 amide bonds. The van der Waals surface area contributed by atoms with Gasteiger partial charge in [-0.25, -0.2) is 0 Å². The van der Waals surface area contributed by atoms with Gasteiger partial charge in [-0.15, -0.1) is 0 Å². The number of carbonyl (C=O) groups excluding carboxylic acids is 1. The lowest BCUT2D eigenvalue weighted by Gasteiger charge is -2.45. The first-order valence-electron chi connectivity index (χ1n) is 6.66. The van der Waals surface area contributed by atoms with Gasteiger partial charge in [-0.2, -0.15) is 0 Å². The van der Waals surface area contributed by atoms with E-state index in [2.05, 4.69) is 18.2 Å². The van der Waals surface area contributed by atoms with Gasteiger partial charge in [0.15, 0.2) is 11.4 Å². The molecular formula is C15H16O3. The number of benzene rings is 1. The normalized spacial score (nSPS) is 40.1. The molecule has 3 heteroatoms. The van der Waals surface area contributed by atoms with Crippen molar-refractivity contribution >= 4 is 5.78 Å². The predicted molar refractivity (Wildman–Crippen MR) is 65.6 cm³/mol. The van der Waals surface area contributed by atoms with E-state index in [4.69, 9.17) is 9.47 Å². The zero-order valence-corrected chi connectivity index (χ0v) is 10.4. The van der Waals surface area contributed by atoms with Crippen molar-refractivity contribution in [3.8, 4) is 0 Å². The number of rotatable bonds is 2. The molecule has 0 radical (unpaired) electrons. The Kier molecular flexibility index (Phi) is 2.04. The average Bonchev–Trinajstić information content (AvgIpc) is 3.17. The van der Waals surface area contributed by atoms with Gasteiger partial charge in [0.1, 0.15) is 0 Å². The highest BCUT2D eigenvalue weighted by molar-refractivity contribution is 6.00. The lowest BCUT2D eigenvalue weighted by molar-refractivity contribution is -0.137. The summed E-state index contributed by atoms with van der Waals surface area (Å²) >= 11 is 0. The zero-order chi connectivity index (χ0) is 12.3. The molecule has 4 atom stereocenters. The third kappa shape index (κ3) is 1.14. The molecule has 1 saturated heterocycles. The molecule has 0 aromatic heterocycles. The number of ketones is 1. The monoisotopic (exact) mass is 244 g/mol. The first-order chi connectivity index (χ1) is 8.78. The maximum atomic E-state index is 12.6. The molecule has 1 saturated carbocycles. The van der Waals surface area contributed by atoms with Crippen LogP contribution in [-0.2, 0) is 14.3 Å². The van der Waals surface area contributed by atoms with E-state index in [1.54, 1.807) is 0 Å². The van der Waals surface area contributed by atoms with Gasteiger partial charge in [-0.1, -0.05) is 24.3 Å². The van der Waals surface area contributed by atoms with E-state index < -0.39 is 5.60 Å². The van der Waals surface area contributed by atoms with E-state index in [1.807, 2.05) is 13.0 Å². The molecule has 1 heterocycles. The second-order valence-electron chi connectivity index (χ2n) is 5.43. The highest BCUT2D eigenvalue weighted by Crippen LogP contribution is 2.59. The summed E-state index contributed by atoms with van der Waals surface area (Å²) in [7, 11) is 0. The standard InChI is InChI=1S/C15H16O3/c1-2-17-12-7-11-9-5-3-4-6-10(9)13(12)14(16)15(11)8-18-15/h3-6,11-13H,2,7-8H2,1H3/t11-,12-,13-,15?/m0/s1. The van der Waals surface area contributed by atoms with Crippen LogP contribution in [0.1, 0.15) is 36.3 Å². The van der Waals surface area contributed by atoms with Crippen molar-refractivity contribution in [2.75, 3.05) is 13.2 Å². The van der Waals surface area contributed by atoms with Crippen LogP contribution < -0.4 is 0 Å². The SMILES string of the molecule is CCO[C@H]1C[C@H]2c3ccccc3[C@@H]1C(=O)C21CO1. The molecule has 0 N–H and O–H groups in total. The molecule has 2 bridgehead atoms. The summed E-state index contributed by atoms with van der Waals surface area (Å²) in [6, 6.07) is 8.28. The van der Waals surface area contributed by atoms with E-state index in [0.717, 1.165) is 6.42 Å². The fourth-order valence-corrected chi connectivity index (χ4v) is 3.79. The van der Waals surface area contributed by atoms with Crippen LogP contribution in [0.2, 0.25) is 0 Å². The van der Waals surface area contributed by atoms with E-state index in [-0.39, 0.29) is 23.7 Å². The number of fused-ring (bicyclic) bond motifs is 1. The van der Waals surface area contributed by atoms with Crippen molar-refractivity contribution in [2.24, 2.45) is 0 Å². The number of hydrogen-bond acceptors (Lipinski definition) is 3. The molecule has 2 fully saturated rings. The van der Waals surface area contributed by atoms with Crippen molar-refractivity contribution in [3.63, 3.8) is 0 Å². The van der Waals surface area contributed by atoms with Gasteiger partial charge in [0.25, 0.3) is 0 Å². The van der Waals surface area contributed by atoms with Crippen molar-refractivity contribution < 1.29 is 14.3 Å². The topological polar surface area (TPSA) is 38.8 Å². The molecule has 1 aromatic carbocycles. The predicted octanol–water partition coefficient (Wildman–Crippen LogP) is 2.01. The lowest BCUT2D eigenvalue weighted by Crippen LogP contribution is -2.52. The Hall–Kier alpha value is -1.19. The summed E-state index contributed by atoms with van der Waals surface area (Å²) in [4.78, 5) is 12.6. The first-order valence-corrected chi connectivity index (χ1v) is 6.66. The fourth-order valence-electron chi connectivity index (χ4n) is 3.79. The maximum Gasteiger partial charge on any atom is 0.177 e. The minimum Gasteiger partial charge on any atom is -0.377 e. The van der Waals surface area contributed by atoms with Gasteiger partial charge in [-0.05, 0) is 24.5 Å². The van der Waals surface area contributed by atoms with Crippen LogP contribution in [0.3, 0.4) is 0 Å². The molecule has 1 spiro atoms. The second kappa shape index (κ2) is 3.43. The molecular weight excluding hydrogens is 228 g/mol. The summed E-state index contributed by atoms with van der Waals surface area (Å²) in [5, 5.41) is 0. The average molecular weight is 244 g/mol. The zero-order valence-electron chi connectivity index (χ0n) is 10.4. The number of Topliss-reactive ketones (excluding diaryl/α,β-unsaturated/α-hetero) is 1. The maximum absolute atomic E-state index is 12.6. The summed E-state index contributed by atoms with van der Waals surface area (Å²) < 4.78 is 11.4. The Balaban J connectivity index is 1.86. The fraction of sp³-hybridized carbons (Fsp3) is 0.533. The van der Waals surface area contributed by atoms with Gasteiger partial charge in [-0.3, -0.25) is 4.79 Å². The van der Waals surface area contributed by atoms with Crippen molar-refractivity contribution in [1.82, 2.24) is 0 Å². The summed E-state index contributed by atoms with van der Waals surface area (Å²) in [6.45, 7) is 3.25. The van der Waals surface area contributed by atoms with Crippen LogP contribution in [0.4, 0.5) is 0 Å². The van der Waals surface area contributed by atoms with Crippen molar-refractivity contribution in [1.29, 1.82) is 0 Å². The molecule has 5 rings (SSSR count). The minimum absolute atomic E-state index is 0.0391. The van der Waals surface area contributed by atoms with Gasteiger partial charge < -0.3 is 9.47 Å². The molecule has 4 aliphatic rings. The van der Waals surface area contributed by atoms with Crippen molar-refractivity contribution in [3.05, 3.63) is 35.4 Å². The van der Waals surface area contributed by atoms with Gasteiger partial charge in [0.05, 0.1) is 18.6 Å². The second-order valence-corrected chi connectivity index (χ2v) is 5.43. The molecule has 1 aliphatic heterocycles. The molecule has 18 heavy (non-hydrogen) atoms. The van der Waals surface area contributed by atoms with Gasteiger partial charge in [0.2, 0.25) is 0 Å². The van der Waals surface area contributed by atoms with E-state index in [1.165, 1.54) is 11.1 Å². The Labute approximate surface area is 106 Å². The molecule has 3 aliphatic carbocycles. The van der Waals surface area contributed by atoms with Crippen LogP contribution in [0.15, 0.2) is 24.3 Å². The van der Waals surface area contributed by atoms with Gasteiger partial charge in [0, 0.05) is 12.5 Å². The van der Waals surface area contributed by atoms with Gasteiger partial charge >= 0.3 is 0 Å². The van der Waals surface area contributed by atoms with E-state index >= 15 is 0 Å². The molecule has 1 unspecified atom stereocenters. The molecule has 94 valence electrons. The Morgan fingerprint density at radius 2 is 2.11 bits per heavy atom. The molecule has 1 aromatic rings. The van der Waals surface area contributed by atoms with E-state index in [0.29, 0.717) is 13.2 Å². The van der Waals surface area contributed by atoms with Crippen LogP contribution in [0, 0.1) is 0 Å². The highest BCUT2D eigenvalue weighted by Gasteiger charge is 2.67. The van der Waals surface area contributed by atoms with Crippen molar-refractivity contribution in [2.45, 2.75) is 36.9 Å². The van der Waals surface area contributed by atoms with E-state index in [9.17, 15) is 4.79 Å².